The summed E-state index contributed by atoms with van der Waals surface area (Å²) >= 11 is 0. The summed E-state index contributed by atoms with van der Waals surface area (Å²) < 4.78 is 13.4. The molecule has 0 unspecified atom stereocenters. The summed E-state index contributed by atoms with van der Waals surface area (Å²) in [6, 6.07) is 8.31. The Hall–Kier alpha value is -2.56. The van der Waals surface area contributed by atoms with Crippen LogP contribution in [0.25, 0.3) is 0 Å². The van der Waals surface area contributed by atoms with Crippen LogP contribution in [0.1, 0.15) is 49.0 Å². The van der Waals surface area contributed by atoms with Gasteiger partial charge < -0.3 is 15.1 Å². The first-order valence-electron chi connectivity index (χ1n) is 7.98. The fraction of sp³-hybridized carbons (Fsp3) is 0.316. The highest BCUT2D eigenvalue weighted by atomic mass is 19.1. The summed E-state index contributed by atoms with van der Waals surface area (Å²) in [6.07, 6.45) is 0.665. The lowest BCUT2D eigenvalue weighted by Gasteiger charge is -2.25. The lowest BCUT2D eigenvalue weighted by Crippen LogP contribution is -2.32. The highest BCUT2D eigenvalue weighted by Gasteiger charge is 2.22. The minimum absolute atomic E-state index is 0.0131. The maximum atomic E-state index is 13.4. The predicted octanol–water partition coefficient (Wildman–Crippen LogP) is 4.42. The molecule has 128 valence electrons. The van der Waals surface area contributed by atoms with Crippen molar-refractivity contribution in [2.45, 2.75) is 33.1 Å². The SMILES string of the molecule is CCCN(C(=O)c1cccc(F)c1)c1cc(C(C)C)c(O)cc1O. The lowest BCUT2D eigenvalue weighted by molar-refractivity contribution is 0.0985. The number of phenols is 2. The second-order valence-electron chi connectivity index (χ2n) is 6.02. The van der Waals surface area contributed by atoms with Crippen molar-refractivity contribution < 1.29 is 19.4 Å². The van der Waals surface area contributed by atoms with Gasteiger partial charge in [-0.05, 0) is 42.2 Å². The molecule has 0 aliphatic carbocycles. The molecule has 0 spiro atoms. The normalized spacial score (nSPS) is 10.9. The molecule has 0 aliphatic heterocycles. The van der Waals surface area contributed by atoms with E-state index in [-0.39, 0.29) is 23.0 Å². The number of hydrogen-bond donors (Lipinski definition) is 2. The Morgan fingerprint density at radius 1 is 1.17 bits per heavy atom. The number of aromatic hydroxyl groups is 2. The third-order valence-corrected chi connectivity index (χ3v) is 3.80. The van der Waals surface area contributed by atoms with Crippen molar-refractivity contribution in [3.05, 3.63) is 53.3 Å². The van der Waals surface area contributed by atoms with E-state index in [1.54, 1.807) is 6.07 Å². The van der Waals surface area contributed by atoms with E-state index < -0.39 is 11.7 Å². The van der Waals surface area contributed by atoms with Crippen LogP contribution in [0.4, 0.5) is 10.1 Å². The molecular weight excluding hydrogens is 309 g/mol. The molecule has 0 atom stereocenters. The van der Waals surface area contributed by atoms with Gasteiger partial charge in [0.1, 0.15) is 17.3 Å². The first kappa shape index (κ1) is 17.8. The quantitative estimate of drug-likeness (QED) is 0.853. The third kappa shape index (κ3) is 3.67. The molecule has 0 bridgehead atoms. The van der Waals surface area contributed by atoms with E-state index in [0.29, 0.717) is 24.2 Å². The smallest absolute Gasteiger partial charge is 0.258 e. The van der Waals surface area contributed by atoms with Crippen LogP contribution < -0.4 is 4.90 Å². The van der Waals surface area contributed by atoms with Gasteiger partial charge in [0, 0.05) is 18.2 Å². The number of anilines is 1. The Labute approximate surface area is 141 Å². The molecule has 0 saturated heterocycles. The van der Waals surface area contributed by atoms with Crippen molar-refractivity contribution >= 4 is 11.6 Å². The van der Waals surface area contributed by atoms with Gasteiger partial charge in [-0.25, -0.2) is 4.39 Å². The Morgan fingerprint density at radius 3 is 2.46 bits per heavy atom. The van der Waals surface area contributed by atoms with Gasteiger partial charge >= 0.3 is 0 Å². The van der Waals surface area contributed by atoms with E-state index in [2.05, 4.69) is 0 Å². The van der Waals surface area contributed by atoms with Crippen LogP contribution in [0, 0.1) is 5.82 Å². The number of phenolic OH excluding ortho intramolecular Hbond substituents is 2. The molecule has 2 rings (SSSR count). The van der Waals surface area contributed by atoms with Crippen LogP contribution in [0.3, 0.4) is 0 Å². The lowest BCUT2D eigenvalue weighted by atomic mass is 10.00. The standard InChI is InChI=1S/C19H22FNO3/c1-4-8-21(19(24)13-6-5-7-14(20)9-13)16-10-15(12(2)3)17(22)11-18(16)23/h5-7,9-12,22-23H,4,8H2,1-3H3. The number of hydrogen-bond acceptors (Lipinski definition) is 3. The van der Waals surface area contributed by atoms with E-state index in [9.17, 15) is 19.4 Å². The third-order valence-electron chi connectivity index (χ3n) is 3.80. The molecule has 0 aliphatic rings. The Bertz CT molecular complexity index is 743. The second kappa shape index (κ2) is 7.34. The molecule has 0 radical (unpaired) electrons. The number of amides is 1. The molecule has 5 heteroatoms. The minimum Gasteiger partial charge on any atom is -0.508 e. The molecule has 0 fully saturated rings. The van der Waals surface area contributed by atoms with Gasteiger partial charge in [-0.2, -0.15) is 0 Å². The van der Waals surface area contributed by atoms with Crippen molar-refractivity contribution in [2.24, 2.45) is 0 Å². The van der Waals surface area contributed by atoms with Gasteiger partial charge in [0.25, 0.3) is 5.91 Å². The monoisotopic (exact) mass is 331 g/mol. The zero-order valence-corrected chi connectivity index (χ0v) is 14.1. The van der Waals surface area contributed by atoms with E-state index in [4.69, 9.17) is 0 Å². The van der Waals surface area contributed by atoms with Gasteiger partial charge in [-0.15, -0.1) is 0 Å². The minimum atomic E-state index is -0.491. The van der Waals surface area contributed by atoms with Crippen molar-refractivity contribution in [1.29, 1.82) is 0 Å². The van der Waals surface area contributed by atoms with Gasteiger partial charge in [0.15, 0.2) is 0 Å². The van der Waals surface area contributed by atoms with Crippen molar-refractivity contribution in [3.63, 3.8) is 0 Å². The van der Waals surface area contributed by atoms with Crippen LogP contribution in [-0.2, 0) is 0 Å². The summed E-state index contributed by atoms with van der Waals surface area (Å²) in [6.45, 7) is 6.10. The van der Waals surface area contributed by atoms with E-state index >= 15 is 0 Å². The van der Waals surface area contributed by atoms with E-state index in [1.807, 2.05) is 20.8 Å². The summed E-state index contributed by atoms with van der Waals surface area (Å²) in [4.78, 5) is 14.2. The zero-order valence-electron chi connectivity index (χ0n) is 14.1. The number of halogens is 1. The molecule has 2 aromatic carbocycles. The Kier molecular flexibility index (Phi) is 5.44. The molecule has 2 aromatic rings. The van der Waals surface area contributed by atoms with E-state index in [0.717, 1.165) is 0 Å². The van der Waals surface area contributed by atoms with Crippen LogP contribution in [0.2, 0.25) is 0 Å². The topological polar surface area (TPSA) is 60.8 Å². The average molecular weight is 331 g/mol. The molecule has 2 N–H and O–H groups in total. The first-order valence-corrected chi connectivity index (χ1v) is 7.98. The van der Waals surface area contributed by atoms with Gasteiger partial charge in [-0.3, -0.25) is 4.79 Å². The van der Waals surface area contributed by atoms with Crippen molar-refractivity contribution in [3.8, 4) is 11.5 Å². The van der Waals surface area contributed by atoms with Crippen LogP contribution in [0.5, 0.6) is 11.5 Å². The Morgan fingerprint density at radius 2 is 1.88 bits per heavy atom. The van der Waals surface area contributed by atoms with E-state index in [1.165, 1.54) is 35.2 Å². The number of rotatable bonds is 5. The second-order valence-corrected chi connectivity index (χ2v) is 6.02. The average Bonchev–Trinajstić information content (AvgIpc) is 2.52. The highest BCUT2D eigenvalue weighted by molar-refractivity contribution is 6.07. The van der Waals surface area contributed by atoms with Crippen LogP contribution in [-0.4, -0.2) is 22.7 Å². The highest BCUT2D eigenvalue weighted by Crippen LogP contribution is 2.38. The van der Waals surface area contributed by atoms with Crippen LogP contribution >= 0.6 is 0 Å². The van der Waals surface area contributed by atoms with Crippen molar-refractivity contribution in [2.75, 3.05) is 11.4 Å². The summed E-state index contributed by atoms with van der Waals surface area (Å²) in [5.41, 5.74) is 1.16. The fourth-order valence-electron chi connectivity index (χ4n) is 2.59. The van der Waals surface area contributed by atoms with Gasteiger partial charge in [-0.1, -0.05) is 26.8 Å². The molecule has 24 heavy (non-hydrogen) atoms. The number of carbonyl (C=O) groups is 1. The predicted molar refractivity (Wildman–Crippen MR) is 92.2 cm³/mol. The molecule has 4 nitrogen and oxygen atoms in total. The summed E-state index contributed by atoms with van der Waals surface area (Å²) in [5.74, 6) is -1.06. The number of carbonyl (C=O) groups excluding carboxylic acids is 1. The Balaban J connectivity index is 2.51. The number of nitrogens with zero attached hydrogens (tertiary/aromatic N) is 1. The summed E-state index contributed by atoms with van der Waals surface area (Å²) in [7, 11) is 0. The molecular formula is C19H22FNO3. The fourth-order valence-corrected chi connectivity index (χ4v) is 2.59. The molecule has 0 aromatic heterocycles. The van der Waals surface area contributed by atoms with Gasteiger partial charge in [0.2, 0.25) is 0 Å². The largest absolute Gasteiger partial charge is 0.508 e. The maximum Gasteiger partial charge on any atom is 0.258 e. The number of benzene rings is 2. The maximum absolute atomic E-state index is 13.4. The summed E-state index contributed by atoms with van der Waals surface area (Å²) in [5, 5.41) is 20.2. The van der Waals surface area contributed by atoms with Crippen LogP contribution in [0.15, 0.2) is 36.4 Å². The molecule has 1 amide bonds. The molecule has 0 saturated carbocycles. The van der Waals surface area contributed by atoms with Crippen molar-refractivity contribution in [1.82, 2.24) is 0 Å². The zero-order chi connectivity index (χ0) is 17.9. The van der Waals surface area contributed by atoms with Gasteiger partial charge in [0.05, 0.1) is 5.69 Å². The first-order chi connectivity index (χ1) is 11.3. The molecule has 0 heterocycles.